The van der Waals surface area contributed by atoms with E-state index in [9.17, 15) is 18.8 Å². The van der Waals surface area contributed by atoms with Crippen molar-refractivity contribution in [3.8, 4) is 17.2 Å². The van der Waals surface area contributed by atoms with Crippen molar-refractivity contribution >= 4 is 22.8 Å². The molecule has 0 saturated heterocycles. The monoisotopic (exact) mass is 524 g/mol. The molecule has 0 unspecified atom stereocenters. The summed E-state index contributed by atoms with van der Waals surface area (Å²) in [4.78, 5) is 25.8. The number of fused-ring (bicyclic) bond motifs is 1. The molecule has 0 radical (unpaired) electrons. The van der Waals surface area contributed by atoms with Crippen molar-refractivity contribution in [1.82, 2.24) is 30.5 Å². The number of benzene rings is 2. The van der Waals surface area contributed by atoms with Gasteiger partial charge in [0.15, 0.2) is 34.5 Å². The third-order valence-electron chi connectivity index (χ3n) is 6.25. The fraction of sp³-hybridized carbons (Fsp3) is 0.143. The molecule has 0 aliphatic heterocycles. The standard InChI is InChI=1S/C28H22F2N8O/c1-15(19-7-8-23(29)24(30)10-19)35-28(39)25-27(34-14-21(11-31)36-25)32-12-17-3-5-18(6-4-17)20-9-22-16(2)37-38-26(22)33-13-20/h3-10,13-15H,12H2,1-2H3,(H,32,34)(H,35,39)(H,33,37,38)/t15-/m0/s1. The molecule has 9 nitrogen and oxygen atoms in total. The van der Waals surface area contributed by atoms with Gasteiger partial charge in [0.05, 0.1) is 17.9 Å². The summed E-state index contributed by atoms with van der Waals surface area (Å²) in [7, 11) is 0. The second-order valence-corrected chi connectivity index (χ2v) is 8.91. The number of carbonyl (C=O) groups is 1. The SMILES string of the molecule is Cc1n[nH]c2ncc(-c3ccc(CNc4ncc(C#N)nc4C(=O)N[C@@H](C)c4ccc(F)c(F)c4)cc3)cc12. The Kier molecular flexibility index (Phi) is 6.93. The maximum absolute atomic E-state index is 13.6. The van der Waals surface area contributed by atoms with Crippen molar-refractivity contribution in [2.75, 3.05) is 5.32 Å². The Labute approximate surface area is 222 Å². The van der Waals surface area contributed by atoms with Gasteiger partial charge in [-0.1, -0.05) is 30.3 Å². The van der Waals surface area contributed by atoms with Crippen molar-refractivity contribution in [2.45, 2.75) is 26.4 Å². The predicted molar refractivity (Wildman–Crippen MR) is 140 cm³/mol. The van der Waals surface area contributed by atoms with E-state index in [0.717, 1.165) is 45.6 Å². The molecule has 11 heteroatoms. The molecule has 39 heavy (non-hydrogen) atoms. The first kappa shape index (κ1) is 25.4. The van der Waals surface area contributed by atoms with E-state index in [4.69, 9.17) is 0 Å². The van der Waals surface area contributed by atoms with Gasteiger partial charge in [-0.3, -0.25) is 9.89 Å². The molecule has 5 aromatic rings. The van der Waals surface area contributed by atoms with Crippen LogP contribution in [0.5, 0.6) is 0 Å². The minimum Gasteiger partial charge on any atom is -0.364 e. The van der Waals surface area contributed by atoms with E-state index in [1.165, 1.54) is 12.3 Å². The molecule has 0 fully saturated rings. The molecule has 0 aliphatic carbocycles. The van der Waals surface area contributed by atoms with Gasteiger partial charge in [0, 0.05) is 23.7 Å². The maximum atomic E-state index is 13.6. The number of aryl methyl sites for hydroxylation is 1. The number of amides is 1. The highest BCUT2D eigenvalue weighted by molar-refractivity contribution is 5.97. The number of hydrogen-bond acceptors (Lipinski definition) is 7. The molecular weight excluding hydrogens is 502 g/mol. The average Bonchev–Trinajstić information content (AvgIpc) is 3.33. The number of nitrogens with one attached hydrogen (secondary N) is 3. The summed E-state index contributed by atoms with van der Waals surface area (Å²) in [6.45, 7) is 3.88. The van der Waals surface area contributed by atoms with Gasteiger partial charge in [-0.25, -0.2) is 23.7 Å². The molecule has 194 valence electrons. The van der Waals surface area contributed by atoms with Gasteiger partial charge in [0.2, 0.25) is 0 Å². The Morgan fingerprint density at radius 1 is 1.05 bits per heavy atom. The van der Waals surface area contributed by atoms with E-state index < -0.39 is 23.6 Å². The van der Waals surface area contributed by atoms with Crippen LogP contribution in [0.4, 0.5) is 14.6 Å². The zero-order valence-electron chi connectivity index (χ0n) is 21.0. The number of aromatic amines is 1. The molecule has 5 rings (SSSR count). The van der Waals surface area contributed by atoms with E-state index in [1.54, 1.807) is 13.1 Å². The highest BCUT2D eigenvalue weighted by atomic mass is 19.2. The Bertz CT molecular complexity index is 1730. The van der Waals surface area contributed by atoms with E-state index in [-0.39, 0.29) is 17.2 Å². The van der Waals surface area contributed by atoms with Crippen LogP contribution in [0.15, 0.2) is 60.9 Å². The molecule has 0 spiro atoms. The summed E-state index contributed by atoms with van der Waals surface area (Å²) in [6.07, 6.45) is 3.05. The summed E-state index contributed by atoms with van der Waals surface area (Å²) >= 11 is 0. The van der Waals surface area contributed by atoms with Crippen molar-refractivity contribution in [3.63, 3.8) is 0 Å². The van der Waals surface area contributed by atoms with Gasteiger partial charge < -0.3 is 10.6 Å². The summed E-state index contributed by atoms with van der Waals surface area (Å²) in [5.74, 6) is -2.43. The third kappa shape index (κ3) is 5.40. The average molecular weight is 525 g/mol. The van der Waals surface area contributed by atoms with E-state index in [0.29, 0.717) is 12.1 Å². The van der Waals surface area contributed by atoms with E-state index >= 15 is 0 Å². The fourth-order valence-corrected chi connectivity index (χ4v) is 4.05. The van der Waals surface area contributed by atoms with Crippen molar-refractivity contribution < 1.29 is 13.6 Å². The van der Waals surface area contributed by atoms with Crippen LogP contribution < -0.4 is 10.6 Å². The first-order chi connectivity index (χ1) is 18.8. The number of nitrogens with zero attached hydrogens (tertiary/aromatic N) is 5. The first-order valence-corrected chi connectivity index (χ1v) is 12.0. The number of nitriles is 1. The number of rotatable bonds is 7. The molecular formula is C28H22F2N8O. The molecule has 1 amide bonds. The quantitative estimate of drug-likeness (QED) is 0.274. The molecule has 3 heterocycles. The third-order valence-corrected chi connectivity index (χ3v) is 6.25. The van der Waals surface area contributed by atoms with E-state index in [2.05, 4.69) is 35.8 Å². The molecule has 0 aliphatic rings. The summed E-state index contributed by atoms with van der Waals surface area (Å²) in [5, 5.41) is 23.1. The second-order valence-electron chi connectivity index (χ2n) is 8.91. The lowest BCUT2D eigenvalue weighted by Gasteiger charge is -2.16. The smallest absolute Gasteiger partial charge is 0.274 e. The number of hydrogen-bond donors (Lipinski definition) is 3. The summed E-state index contributed by atoms with van der Waals surface area (Å²) < 4.78 is 26.9. The number of carbonyl (C=O) groups excluding carboxylic acids is 1. The number of H-pyrrole nitrogens is 1. The zero-order chi connectivity index (χ0) is 27.5. The van der Waals surface area contributed by atoms with Gasteiger partial charge >= 0.3 is 0 Å². The van der Waals surface area contributed by atoms with Crippen LogP contribution in [0.2, 0.25) is 0 Å². The second kappa shape index (κ2) is 10.6. The van der Waals surface area contributed by atoms with Crippen LogP contribution >= 0.6 is 0 Å². The lowest BCUT2D eigenvalue weighted by molar-refractivity contribution is 0.0935. The number of aromatic nitrogens is 5. The van der Waals surface area contributed by atoms with Crippen molar-refractivity contribution in [2.24, 2.45) is 0 Å². The zero-order valence-corrected chi connectivity index (χ0v) is 21.0. The lowest BCUT2D eigenvalue weighted by Crippen LogP contribution is -2.29. The number of anilines is 1. The van der Waals surface area contributed by atoms with Crippen LogP contribution in [0.3, 0.4) is 0 Å². The first-order valence-electron chi connectivity index (χ1n) is 12.0. The molecule has 2 aromatic carbocycles. The number of halogens is 2. The fourth-order valence-electron chi connectivity index (χ4n) is 4.05. The Balaban J connectivity index is 1.31. The van der Waals surface area contributed by atoms with Crippen molar-refractivity contribution in [3.05, 3.63) is 101 Å². The molecule has 3 aromatic heterocycles. The Morgan fingerprint density at radius 3 is 2.59 bits per heavy atom. The normalized spacial score (nSPS) is 11.7. The number of pyridine rings is 1. The van der Waals surface area contributed by atoms with Crippen LogP contribution in [0.25, 0.3) is 22.2 Å². The Morgan fingerprint density at radius 2 is 1.85 bits per heavy atom. The van der Waals surface area contributed by atoms with Crippen molar-refractivity contribution in [1.29, 1.82) is 5.26 Å². The topological polar surface area (TPSA) is 132 Å². The van der Waals surface area contributed by atoms with Crippen LogP contribution in [0, 0.1) is 29.9 Å². The van der Waals surface area contributed by atoms with Crippen LogP contribution in [-0.4, -0.2) is 31.1 Å². The van der Waals surface area contributed by atoms with Gasteiger partial charge in [-0.15, -0.1) is 0 Å². The summed E-state index contributed by atoms with van der Waals surface area (Å²) in [5.41, 5.74) is 4.72. The van der Waals surface area contributed by atoms with E-state index in [1.807, 2.05) is 43.3 Å². The molecule has 1 atom stereocenters. The van der Waals surface area contributed by atoms with Gasteiger partial charge in [-0.05, 0) is 48.7 Å². The minimum absolute atomic E-state index is 0.0334. The predicted octanol–water partition coefficient (Wildman–Crippen LogP) is 4.98. The highest BCUT2D eigenvalue weighted by Crippen LogP contribution is 2.24. The van der Waals surface area contributed by atoms with Crippen LogP contribution in [0.1, 0.15) is 46.0 Å². The minimum atomic E-state index is -1.01. The molecule has 0 saturated carbocycles. The summed E-state index contributed by atoms with van der Waals surface area (Å²) in [6, 6.07) is 14.5. The largest absolute Gasteiger partial charge is 0.364 e. The lowest BCUT2D eigenvalue weighted by atomic mass is 10.0. The Hall–Kier alpha value is -5.24. The van der Waals surface area contributed by atoms with Crippen LogP contribution in [-0.2, 0) is 6.54 Å². The molecule has 3 N–H and O–H groups in total. The highest BCUT2D eigenvalue weighted by Gasteiger charge is 2.19. The van der Waals surface area contributed by atoms with Gasteiger partial charge in [-0.2, -0.15) is 10.4 Å². The van der Waals surface area contributed by atoms with Gasteiger partial charge in [0.25, 0.3) is 5.91 Å². The maximum Gasteiger partial charge on any atom is 0.274 e. The van der Waals surface area contributed by atoms with Gasteiger partial charge in [0.1, 0.15) is 6.07 Å². The molecule has 0 bridgehead atoms.